The maximum atomic E-state index is 13.6. The van der Waals surface area contributed by atoms with E-state index in [2.05, 4.69) is 60.9 Å². The Kier molecular flexibility index (Phi) is 5.91. The van der Waals surface area contributed by atoms with Crippen molar-refractivity contribution >= 4 is 17.2 Å². The molecule has 0 fully saturated rings. The van der Waals surface area contributed by atoms with Gasteiger partial charge in [-0.1, -0.05) is 68.4 Å². The summed E-state index contributed by atoms with van der Waals surface area (Å²) in [5.41, 5.74) is 6.14. The van der Waals surface area contributed by atoms with Crippen LogP contribution in [0.5, 0.6) is 5.75 Å². The molecule has 2 atom stereocenters. The highest BCUT2D eigenvalue weighted by Gasteiger charge is 2.35. The number of para-hydroxylation sites is 2. The molecule has 33 heavy (non-hydrogen) atoms. The number of carbonyl (C=O) groups excluding carboxylic acids is 1. The summed E-state index contributed by atoms with van der Waals surface area (Å²) < 4.78 is 5.87. The first-order valence-electron chi connectivity index (χ1n) is 11.7. The van der Waals surface area contributed by atoms with Crippen LogP contribution in [0.4, 0.5) is 11.4 Å². The number of benzene rings is 3. The SMILES string of the molecule is CC(C)COc1ccc(C2Nc3ccccc3NC3=C2C(=O)CC(c2ccccc2)C3)cc1. The zero-order valence-corrected chi connectivity index (χ0v) is 19.2. The van der Waals surface area contributed by atoms with Gasteiger partial charge in [-0.25, -0.2) is 0 Å². The van der Waals surface area contributed by atoms with Crippen molar-refractivity contribution in [3.05, 3.63) is 101 Å². The molecule has 0 saturated carbocycles. The molecular weight excluding hydrogens is 408 g/mol. The summed E-state index contributed by atoms with van der Waals surface area (Å²) >= 11 is 0. The highest BCUT2D eigenvalue weighted by Crippen LogP contribution is 2.44. The number of hydrogen-bond donors (Lipinski definition) is 2. The predicted octanol–water partition coefficient (Wildman–Crippen LogP) is 6.70. The highest BCUT2D eigenvalue weighted by molar-refractivity contribution is 6.01. The number of nitrogens with one attached hydrogen (secondary N) is 2. The molecule has 2 aliphatic rings. The molecular formula is C29H30N2O2. The summed E-state index contributed by atoms with van der Waals surface area (Å²) in [6, 6.07) is 26.5. The van der Waals surface area contributed by atoms with E-state index in [0.717, 1.165) is 40.4 Å². The second-order valence-electron chi connectivity index (χ2n) is 9.35. The molecule has 3 aromatic rings. The Morgan fingerprint density at radius 1 is 0.848 bits per heavy atom. The van der Waals surface area contributed by atoms with E-state index in [-0.39, 0.29) is 17.7 Å². The first kappa shape index (κ1) is 21.3. The maximum absolute atomic E-state index is 13.6. The molecule has 168 valence electrons. The summed E-state index contributed by atoms with van der Waals surface area (Å²) in [6.45, 7) is 4.96. The third-order valence-corrected chi connectivity index (χ3v) is 6.38. The van der Waals surface area contributed by atoms with Crippen LogP contribution in [-0.4, -0.2) is 12.4 Å². The molecule has 0 amide bonds. The number of ether oxygens (including phenoxy) is 1. The van der Waals surface area contributed by atoms with Crippen LogP contribution in [0.2, 0.25) is 0 Å². The number of hydrogen-bond acceptors (Lipinski definition) is 4. The average Bonchev–Trinajstić information content (AvgIpc) is 3.00. The van der Waals surface area contributed by atoms with E-state index in [9.17, 15) is 4.79 Å². The van der Waals surface area contributed by atoms with Crippen molar-refractivity contribution in [1.29, 1.82) is 0 Å². The number of rotatable bonds is 5. The van der Waals surface area contributed by atoms with E-state index in [0.29, 0.717) is 18.9 Å². The predicted molar refractivity (Wildman–Crippen MR) is 134 cm³/mol. The van der Waals surface area contributed by atoms with Gasteiger partial charge in [0.25, 0.3) is 0 Å². The lowest BCUT2D eigenvalue weighted by Gasteiger charge is -2.30. The van der Waals surface area contributed by atoms with E-state index < -0.39 is 0 Å². The van der Waals surface area contributed by atoms with E-state index in [1.54, 1.807) is 0 Å². The van der Waals surface area contributed by atoms with Crippen molar-refractivity contribution in [2.24, 2.45) is 5.92 Å². The molecule has 2 N–H and O–H groups in total. The second kappa shape index (κ2) is 9.14. The van der Waals surface area contributed by atoms with E-state index in [1.807, 2.05) is 42.5 Å². The number of Topliss-reactive ketones (excluding diaryl/α,β-unsaturated/α-hetero) is 1. The minimum Gasteiger partial charge on any atom is -0.493 e. The number of allylic oxidation sites excluding steroid dienone is 1. The van der Waals surface area contributed by atoms with Crippen molar-refractivity contribution in [1.82, 2.24) is 0 Å². The fourth-order valence-electron chi connectivity index (χ4n) is 4.72. The zero-order valence-electron chi connectivity index (χ0n) is 19.2. The van der Waals surface area contributed by atoms with Gasteiger partial charge in [0, 0.05) is 17.7 Å². The van der Waals surface area contributed by atoms with Crippen LogP contribution in [-0.2, 0) is 4.79 Å². The quantitative estimate of drug-likeness (QED) is 0.465. The van der Waals surface area contributed by atoms with Crippen LogP contribution >= 0.6 is 0 Å². The Labute approximate surface area is 195 Å². The van der Waals surface area contributed by atoms with Gasteiger partial charge in [0.05, 0.1) is 24.0 Å². The number of fused-ring (bicyclic) bond motifs is 1. The molecule has 2 unspecified atom stereocenters. The topological polar surface area (TPSA) is 50.4 Å². The summed E-state index contributed by atoms with van der Waals surface area (Å²) in [5, 5.41) is 7.25. The number of carbonyl (C=O) groups is 1. The fraction of sp³-hybridized carbons (Fsp3) is 0.276. The lowest BCUT2D eigenvalue weighted by molar-refractivity contribution is -0.116. The molecule has 0 saturated heterocycles. The molecule has 0 radical (unpaired) electrons. The van der Waals surface area contributed by atoms with Gasteiger partial charge in [-0.05, 0) is 53.6 Å². The molecule has 0 spiro atoms. The molecule has 4 nitrogen and oxygen atoms in total. The maximum Gasteiger partial charge on any atom is 0.163 e. The molecule has 1 aliphatic carbocycles. The highest BCUT2D eigenvalue weighted by atomic mass is 16.5. The molecule has 0 bridgehead atoms. The van der Waals surface area contributed by atoms with E-state index in [1.165, 1.54) is 5.56 Å². The van der Waals surface area contributed by atoms with Crippen molar-refractivity contribution < 1.29 is 9.53 Å². The van der Waals surface area contributed by atoms with Crippen LogP contribution in [0.1, 0.15) is 49.8 Å². The van der Waals surface area contributed by atoms with Gasteiger partial charge < -0.3 is 15.4 Å². The normalized spacial score (nSPS) is 19.8. The molecule has 3 aromatic carbocycles. The van der Waals surface area contributed by atoms with Crippen molar-refractivity contribution in [3.8, 4) is 5.75 Å². The summed E-state index contributed by atoms with van der Waals surface area (Å²) in [5.74, 6) is 1.71. The van der Waals surface area contributed by atoms with Gasteiger partial charge in [-0.2, -0.15) is 0 Å². The first-order valence-corrected chi connectivity index (χ1v) is 11.7. The van der Waals surface area contributed by atoms with Crippen LogP contribution in [0.15, 0.2) is 90.1 Å². The Balaban J connectivity index is 1.52. The average molecular weight is 439 g/mol. The van der Waals surface area contributed by atoms with Gasteiger partial charge in [-0.3, -0.25) is 4.79 Å². The molecule has 5 rings (SSSR count). The lowest BCUT2D eigenvalue weighted by Crippen LogP contribution is -2.26. The Hall–Kier alpha value is -3.53. The van der Waals surface area contributed by atoms with Crippen LogP contribution < -0.4 is 15.4 Å². The minimum atomic E-state index is -0.209. The Bertz CT molecular complexity index is 1170. The smallest absolute Gasteiger partial charge is 0.163 e. The summed E-state index contributed by atoms with van der Waals surface area (Å²) in [7, 11) is 0. The third-order valence-electron chi connectivity index (χ3n) is 6.38. The molecule has 1 aliphatic heterocycles. The molecule has 0 aromatic heterocycles. The third kappa shape index (κ3) is 4.51. The van der Waals surface area contributed by atoms with Gasteiger partial charge in [0.15, 0.2) is 5.78 Å². The van der Waals surface area contributed by atoms with Gasteiger partial charge in [0.2, 0.25) is 0 Å². The number of anilines is 2. The first-order chi connectivity index (χ1) is 16.1. The summed E-state index contributed by atoms with van der Waals surface area (Å²) in [6.07, 6.45) is 1.34. The second-order valence-corrected chi connectivity index (χ2v) is 9.35. The van der Waals surface area contributed by atoms with E-state index in [4.69, 9.17) is 4.74 Å². The minimum absolute atomic E-state index is 0.183. The van der Waals surface area contributed by atoms with Crippen LogP contribution in [0.3, 0.4) is 0 Å². The fourth-order valence-corrected chi connectivity index (χ4v) is 4.72. The van der Waals surface area contributed by atoms with Gasteiger partial charge in [-0.15, -0.1) is 0 Å². The largest absolute Gasteiger partial charge is 0.493 e. The van der Waals surface area contributed by atoms with Crippen molar-refractivity contribution in [2.45, 2.75) is 38.6 Å². The van der Waals surface area contributed by atoms with Crippen molar-refractivity contribution in [2.75, 3.05) is 17.2 Å². The Morgan fingerprint density at radius 2 is 1.55 bits per heavy atom. The Morgan fingerprint density at radius 3 is 2.27 bits per heavy atom. The van der Waals surface area contributed by atoms with Crippen molar-refractivity contribution in [3.63, 3.8) is 0 Å². The number of ketones is 1. The van der Waals surface area contributed by atoms with E-state index >= 15 is 0 Å². The van der Waals surface area contributed by atoms with Gasteiger partial charge >= 0.3 is 0 Å². The van der Waals surface area contributed by atoms with Crippen LogP contribution in [0.25, 0.3) is 0 Å². The standard InChI is InChI=1S/C29H30N2O2/c1-19(2)18-33-23-14-12-21(13-15-23)29-28-26(30-24-10-6-7-11-25(24)31-29)16-22(17-27(28)32)20-8-4-3-5-9-20/h3-15,19,22,29-31H,16-18H2,1-2H3. The van der Waals surface area contributed by atoms with Gasteiger partial charge in [0.1, 0.15) is 5.75 Å². The zero-order chi connectivity index (χ0) is 22.8. The lowest BCUT2D eigenvalue weighted by atomic mass is 9.78. The summed E-state index contributed by atoms with van der Waals surface area (Å²) in [4.78, 5) is 13.6. The molecule has 4 heteroatoms. The van der Waals surface area contributed by atoms with Crippen LogP contribution in [0, 0.1) is 5.92 Å². The monoisotopic (exact) mass is 438 g/mol. The molecule has 1 heterocycles.